The smallest absolute Gasteiger partial charge is 0.131 e. The molecule has 0 aliphatic carbocycles. The third-order valence-corrected chi connectivity index (χ3v) is 1.48. The Labute approximate surface area is 82.4 Å². The summed E-state index contributed by atoms with van der Waals surface area (Å²) in [7, 11) is 0. The van der Waals surface area contributed by atoms with E-state index in [4.69, 9.17) is 10.6 Å². The molecule has 0 heterocycles. The minimum Gasteiger partial charge on any atom is -0.394 e. The van der Waals surface area contributed by atoms with Crippen LogP contribution in [0.15, 0.2) is 29.4 Å². The van der Waals surface area contributed by atoms with E-state index in [0.29, 0.717) is 6.61 Å². The van der Waals surface area contributed by atoms with Crippen molar-refractivity contribution in [3.63, 3.8) is 0 Å². The average molecular weight is 196 g/mol. The largest absolute Gasteiger partial charge is 0.394 e. The van der Waals surface area contributed by atoms with Crippen LogP contribution in [0.4, 0.5) is 4.39 Å². The first-order chi connectivity index (χ1) is 6.68. The van der Waals surface area contributed by atoms with Crippen LogP contribution in [-0.2, 0) is 4.84 Å². The van der Waals surface area contributed by atoms with E-state index in [1.165, 1.54) is 18.3 Å². The molecule has 0 aliphatic heterocycles. The van der Waals surface area contributed by atoms with Gasteiger partial charge in [0, 0.05) is 6.04 Å². The summed E-state index contributed by atoms with van der Waals surface area (Å²) < 4.78 is 12.5. The standard InChI is InChI=1S/C10H13FN2O/c1-8(12)7-14-13-6-9-2-4-10(11)5-3-9/h2-6,8H,7,12H2,1H3/b13-6+. The van der Waals surface area contributed by atoms with E-state index < -0.39 is 0 Å². The first-order valence-corrected chi connectivity index (χ1v) is 4.35. The summed E-state index contributed by atoms with van der Waals surface area (Å²) in [5.74, 6) is -0.265. The van der Waals surface area contributed by atoms with Crippen LogP contribution in [0.1, 0.15) is 12.5 Å². The lowest BCUT2D eigenvalue weighted by molar-refractivity contribution is 0.135. The molecule has 1 aromatic carbocycles. The maximum atomic E-state index is 12.5. The third-order valence-electron chi connectivity index (χ3n) is 1.48. The number of halogens is 1. The first kappa shape index (κ1) is 10.7. The molecule has 0 spiro atoms. The molecule has 1 unspecified atom stereocenters. The maximum absolute atomic E-state index is 12.5. The zero-order chi connectivity index (χ0) is 10.4. The molecule has 0 radical (unpaired) electrons. The molecule has 1 rings (SSSR count). The van der Waals surface area contributed by atoms with E-state index in [2.05, 4.69) is 5.16 Å². The molecule has 0 aliphatic rings. The Morgan fingerprint density at radius 3 is 2.71 bits per heavy atom. The van der Waals surface area contributed by atoms with Crippen molar-refractivity contribution in [1.82, 2.24) is 0 Å². The molecule has 14 heavy (non-hydrogen) atoms. The van der Waals surface area contributed by atoms with Crippen LogP contribution in [0.25, 0.3) is 0 Å². The lowest BCUT2D eigenvalue weighted by Gasteiger charge is -2.01. The van der Waals surface area contributed by atoms with Crippen molar-refractivity contribution in [2.45, 2.75) is 13.0 Å². The van der Waals surface area contributed by atoms with Crippen molar-refractivity contribution in [3.8, 4) is 0 Å². The second-order valence-corrected chi connectivity index (χ2v) is 3.06. The van der Waals surface area contributed by atoms with Gasteiger partial charge in [0.05, 0.1) is 6.21 Å². The maximum Gasteiger partial charge on any atom is 0.131 e. The van der Waals surface area contributed by atoms with Gasteiger partial charge in [0.15, 0.2) is 0 Å². The number of hydrogen-bond acceptors (Lipinski definition) is 3. The number of rotatable bonds is 4. The quantitative estimate of drug-likeness (QED) is 0.586. The summed E-state index contributed by atoms with van der Waals surface area (Å²) >= 11 is 0. The highest BCUT2D eigenvalue weighted by molar-refractivity contribution is 5.78. The Balaban J connectivity index is 2.40. The zero-order valence-electron chi connectivity index (χ0n) is 7.98. The fraction of sp³-hybridized carbons (Fsp3) is 0.300. The molecule has 3 nitrogen and oxygen atoms in total. The molecule has 0 saturated heterocycles. The van der Waals surface area contributed by atoms with Gasteiger partial charge in [-0.25, -0.2) is 4.39 Å². The Morgan fingerprint density at radius 2 is 2.14 bits per heavy atom. The van der Waals surface area contributed by atoms with Gasteiger partial charge in [0.1, 0.15) is 12.4 Å². The zero-order valence-corrected chi connectivity index (χ0v) is 7.98. The van der Waals surface area contributed by atoms with E-state index in [-0.39, 0.29) is 11.9 Å². The van der Waals surface area contributed by atoms with Gasteiger partial charge in [-0.1, -0.05) is 17.3 Å². The van der Waals surface area contributed by atoms with Gasteiger partial charge in [-0.15, -0.1) is 0 Å². The van der Waals surface area contributed by atoms with Crippen LogP contribution in [0, 0.1) is 5.82 Å². The fourth-order valence-corrected chi connectivity index (χ4v) is 0.808. The summed E-state index contributed by atoms with van der Waals surface area (Å²) in [4.78, 5) is 4.88. The lowest BCUT2D eigenvalue weighted by atomic mass is 10.2. The van der Waals surface area contributed by atoms with E-state index in [9.17, 15) is 4.39 Å². The Hall–Kier alpha value is -1.42. The average Bonchev–Trinajstić information content (AvgIpc) is 2.15. The van der Waals surface area contributed by atoms with Crippen LogP contribution in [0.5, 0.6) is 0 Å². The molecular formula is C10H13FN2O. The molecule has 0 aromatic heterocycles. The third kappa shape index (κ3) is 4.00. The Kier molecular flexibility index (Phi) is 4.07. The monoisotopic (exact) mass is 196 g/mol. The number of hydrogen-bond donors (Lipinski definition) is 1. The van der Waals surface area contributed by atoms with Gasteiger partial charge in [-0.3, -0.25) is 0 Å². The number of nitrogens with zero attached hydrogens (tertiary/aromatic N) is 1. The van der Waals surface area contributed by atoms with E-state index in [0.717, 1.165) is 5.56 Å². The molecule has 1 aromatic rings. The van der Waals surface area contributed by atoms with E-state index in [1.807, 2.05) is 6.92 Å². The molecule has 4 heteroatoms. The van der Waals surface area contributed by atoms with Crippen molar-refractivity contribution < 1.29 is 9.23 Å². The van der Waals surface area contributed by atoms with E-state index >= 15 is 0 Å². The molecule has 2 N–H and O–H groups in total. The fourth-order valence-electron chi connectivity index (χ4n) is 0.808. The second-order valence-electron chi connectivity index (χ2n) is 3.06. The molecule has 0 saturated carbocycles. The molecule has 1 atom stereocenters. The van der Waals surface area contributed by atoms with Gasteiger partial charge in [-0.2, -0.15) is 0 Å². The summed E-state index contributed by atoms with van der Waals surface area (Å²) in [6.07, 6.45) is 1.52. The Bertz CT molecular complexity index is 295. The van der Waals surface area contributed by atoms with Crippen molar-refractivity contribution in [1.29, 1.82) is 0 Å². The van der Waals surface area contributed by atoms with Gasteiger partial charge in [0.2, 0.25) is 0 Å². The predicted octanol–water partition coefficient (Wildman–Crippen LogP) is 1.52. The highest BCUT2D eigenvalue weighted by Gasteiger charge is 1.92. The number of oxime groups is 1. The number of benzene rings is 1. The van der Waals surface area contributed by atoms with Crippen LogP contribution < -0.4 is 5.73 Å². The normalized spacial score (nSPS) is 13.1. The van der Waals surface area contributed by atoms with E-state index in [1.54, 1.807) is 12.1 Å². The topological polar surface area (TPSA) is 47.6 Å². The minimum absolute atomic E-state index is 0.0413. The van der Waals surface area contributed by atoms with Crippen molar-refractivity contribution in [3.05, 3.63) is 35.6 Å². The second kappa shape index (κ2) is 5.34. The van der Waals surface area contributed by atoms with Crippen molar-refractivity contribution in [2.75, 3.05) is 6.61 Å². The lowest BCUT2D eigenvalue weighted by Crippen LogP contribution is -2.20. The van der Waals surface area contributed by atoms with Crippen LogP contribution >= 0.6 is 0 Å². The summed E-state index contributed by atoms with van der Waals surface area (Å²) in [5, 5.41) is 3.68. The molecule has 0 fully saturated rings. The summed E-state index contributed by atoms with van der Waals surface area (Å²) in [6, 6.07) is 5.93. The van der Waals surface area contributed by atoms with Crippen molar-refractivity contribution in [2.24, 2.45) is 10.9 Å². The Morgan fingerprint density at radius 1 is 1.50 bits per heavy atom. The van der Waals surface area contributed by atoms with Gasteiger partial charge in [-0.05, 0) is 24.6 Å². The number of nitrogens with two attached hydrogens (primary N) is 1. The van der Waals surface area contributed by atoms with Crippen molar-refractivity contribution >= 4 is 6.21 Å². The molecule has 0 bridgehead atoms. The van der Waals surface area contributed by atoms with Gasteiger partial charge in [0.25, 0.3) is 0 Å². The highest BCUT2D eigenvalue weighted by Crippen LogP contribution is 1.99. The molecule has 0 amide bonds. The van der Waals surface area contributed by atoms with Gasteiger partial charge < -0.3 is 10.6 Å². The first-order valence-electron chi connectivity index (χ1n) is 4.35. The van der Waals surface area contributed by atoms with Crippen LogP contribution in [0.2, 0.25) is 0 Å². The van der Waals surface area contributed by atoms with Crippen LogP contribution in [-0.4, -0.2) is 18.9 Å². The summed E-state index contributed by atoms with van der Waals surface area (Å²) in [5.41, 5.74) is 6.23. The SMILES string of the molecule is CC(N)CO/N=C/c1ccc(F)cc1. The highest BCUT2D eigenvalue weighted by atomic mass is 19.1. The van der Waals surface area contributed by atoms with Gasteiger partial charge >= 0.3 is 0 Å². The van der Waals surface area contributed by atoms with Crippen LogP contribution in [0.3, 0.4) is 0 Å². The molecular weight excluding hydrogens is 183 g/mol. The minimum atomic E-state index is -0.265. The predicted molar refractivity (Wildman–Crippen MR) is 53.6 cm³/mol. The molecule has 76 valence electrons. The summed E-state index contributed by atoms with van der Waals surface area (Å²) in [6.45, 7) is 2.20.